The van der Waals surface area contributed by atoms with E-state index in [1.54, 1.807) is 6.92 Å². The highest BCUT2D eigenvalue weighted by Crippen LogP contribution is 2.35. The molecule has 3 aromatic rings. The summed E-state index contributed by atoms with van der Waals surface area (Å²) >= 11 is 0. The number of hydrogen-bond acceptors (Lipinski definition) is 4. The van der Waals surface area contributed by atoms with Crippen LogP contribution >= 0.6 is 0 Å². The van der Waals surface area contributed by atoms with Gasteiger partial charge in [-0.3, -0.25) is 4.79 Å². The first-order valence-electron chi connectivity index (χ1n) is 10.1. The molecule has 8 heteroatoms. The number of rotatable bonds is 5. The maximum absolute atomic E-state index is 12.9. The van der Waals surface area contributed by atoms with E-state index >= 15 is 0 Å². The van der Waals surface area contributed by atoms with Crippen LogP contribution in [0.2, 0.25) is 0 Å². The zero-order chi connectivity index (χ0) is 22.9. The molecule has 3 aromatic carbocycles. The Balaban J connectivity index is 1.47. The molecule has 0 aliphatic carbocycles. The zero-order valence-electron chi connectivity index (χ0n) is 17.1. The van der Waals surface area contributed by atoms with Gasteiger partial charge in [-0.15, -0.1) is 13.2 Å². The van der Waals surface area contributed by atoms with Crippen molar-refractivity contribution in [3.05, 3.63) is 77.9 Å². The monoisotopic (exact) mass is 443 g/mol. The quantitative estimate of drug-likeness (QED) is 0.502. The predicted molar refractivity (Wildman–Crippen MR) is 111 cm³/mol. The number of benzene rings is 3. The van der Waals surface area contributed by atoms with Crippen LogP contribution in [0.5, 0.6) is 5.75 Å². The van der Waals surface area contributed by atoms with E-state index in [4.69, 9.17) is 4.74 Å². The van der Waals surface area contributed by atoms with Gasteiger partial charge in [-0.05, 0) is 47.4 Å². The Hall–Kier alpha value is -3.55. The van der Waals surface area contributed by atoms with E-state index in [0.29, 0.717) is 12.0 Å². The first-order chi connectivity index (χ1) is 15.2. The van der Waals surface area contributed by atoms with Crippen molar-refractivity contribution in [2.75, 3.05) is 0 Å². The number of cyclic esters (lactones) is 1. The summed E-state index contributed by atoms with van der Waals surface area (Å²) in [6.07, 6.45) is -6.00. The van der Waals surface area contributed by atoms with Gasteiger partial charge in [0.15, 0.2) is 0 Å². The molecule has 1 aliphatic rings. The topological polar surface area (TPSA) is 55.8 Å². The van der Waals surface area contributed by atoms with Crippen LogP contribution in [0.25, 0.3) is 10.8 Å². The maximum atomic E-state index is 12.9. The number of halogens is 3. The molecule has 0 aromatic heterocycles. The Morgan fingerprint density at radius 1 is 1.06 bits per heavy atom. The first-order valence-corrected chi connectivity index (χ1v) is 10.1. The van der Waals surface area contributed by atoms with Crippen LogP contribution in [0.4, 0.5) is 18.0 Å². The third-order valence-corrected chi connectivity index (χ3v) is 5.45. The van der Waals surface area contributed by atoms with Gasteiger partial charge in [-0.1, -0.05) is 54.6 Å². The summed E-state index contributed by atoms with van der Waals surface area (Å²) in [5.74, 6) is -0.820. The number of imide groups is 1. The van der Waals surface area contributed by atoms with Crippen molar-refractivity contribution in [3.8, 4) is 5.75 Å². The fourth-order valence-corrected chi connectivity index (χ4v) is 4.00. The minimum Gasteiger partial charge on any atom is -0.439 e. The van der Waals surface area contributed by atoms with Gasteiger partial charge < -0.3 is 9.47 Å². The Morgan fingerprint density at radius 2 is 1.78 bits per heavy atom. The molecule has 1 heterocycles. The van der Waals surface area contributed by atoms with Crippen LogP contribution in [0.15, 0.2) is 66.7 Å². The number of amides is 2. The number of carbonyl (C=O) groups excluding carboxylic acids is 2. The Morgan fingerprint density at radius 3 is 2.56 bits per heavy atom. The molecule has 2 atom stereocenters. The lowest BCUT2D eigenvalue weighted by Crippen LogP contribution is -2.37. The largest absolute Gasteiger partial charge is 0.573 e. The van der Waals surface area contributed by atoms with Crippen LogP contribution < -0.4 is 4.74 Å². The molecule has 2 amide bonds. The molecule has 1 aliphatic heterocycles. The maximum Gasteiger partial charge on any atom is 0.573 e. The number of nitrogens with zero attached hydrogens (tertiary/aromatic N) is 1. The van der Waals surface area contributed by atoms with E-state index < -0.39 is 36.3 Å². The van der Waals surface area contributed by atoms with Crippen molar-refractivity contribution in [3.63, 3.8) is 0 Å². The molecule has 32 heavy (non-hydrogen) atoms. The number of alkyl halides is 3. The molecule has 4 rings (SSSR count). The smallest absolute Gasteiger partial charge is 0.439 e. The van der Waals surface area contributed by atoms with Crippen LogP contribution in [-0.2, 0) is 16.0 Å². The fourth-order valence-electron chi connectivity index (χ4n) is 4.00. The van der Waals surface area contributed by atoms with E-state index in [1.807, 2.05) is 42.5 Å². The average Bonchev–Trinajstić information content (AvgIpc) is 3.05. The average molecular weight is 443 g/mol. The van der Waals surface area contributed by atoms with E-state index in [-0.39, 0.29) is 6.42 Å². The van der Waals surface area contributed by atoms with Gasteiger partial charge in [0.05, 0.1) is 6.04 Å². The van der Waals surface area contributed by atoms with Gasteiger partial charge >= 0.3 is 12.5 Å². The molecule has 1 fully saturated rings. The lowest BCUT2D eigenvalue weighted by atomic mass is 10.00. The van der Waals surface area contributed by atoms with Gasteiger partial charge in [-0.2, -0.15) is 0 Å². The normalized spacial score (nSPS) is 18.6. The third kappa shape index (κ3) is 4.54. The van der Waals surface area contributed by atoms with Crippen LogP contribution in [0.1, 0.15) is 30.6 Å². The first kappa shape index (κ1) is 21.7. The van der Waals surface area contributed by atoms with Crippen LogP contribution in [0.3, 0.4) is 0 Å². The van der Waals surface area contributed by atoms with Gasteiger partial charge in [0, 0.05) is 6.42 Å². The van der Waals surface area contributed by atoms with E-state index in [0.717, 1.165) is 33.4 Å². The van der Waals surface area contributed by atoms with Crippen molar-refractivity contribution in [2.24, 2.45) is 0 Å². The lowest BCUT2D eigenvalue weighted by Gasteiger charge is -2.20. The fraction of sp³-hybridized carbons (Fsp3) is 0.250. The standard InChI is InChI=1S/C24H20F3NO4/c1-15-22(18-9-5-10-19(14-18)32-24(25,26)27)31-23(30)28(15)21(29)13-12-17-8-4-7-16-6-2-3-11-20(16)17/h2-11,14-15,22H,12-13H2,1H3/t15-,22-/m0/s1. The minimum atomic E-state index is -4.83. The summed E-state index contributed by atoms with van der Waals surface area (Å²) in [4.78, 5) is 26.3. The van der Waals surface area contributed by atoms with Crippen molar-refractivity contribution in [2.45, 2.75) is 38.3 Å². The summed E-state index contributed by atoms with van der Waals surface area (Å²) in [5.41, 5.74) is 1.31. The highest BCUT2D eigenvalue weighted by Gasteiger charge is 2.43. The molecular weight excluding hydrogens is 423 g/mol. The third-order valence-electron chi connectivity index (χ3n) is 5.45. The Labute approximate surface area is 182 Å². The summed E-state index contributed by atoms with van der Waals surface area (Å²) in [6.45, 7) is 1.63. The van der Waals surface area contributed by atoms with Crippen molar-refractivity contribution < 1.29 is 32.2 Å². The molecule has 0 saturated carbocycles. The summed E-state index contributed by atoms with van der Waals surface area (Å²) in [5, 5.41) is 2.10. The number of carbonyl (C=O) groups is 2. The van der Waals surface area contributed by atoms with E-state index in [2.05, 4.69) is 4.74 Å². The molecular formula is C24H20F3NO4. The van der Waals surface area contributed by atoms with Gasteiger partial charge in [-0.25, -0.2) is 9.69 Å². The Kier molecular flexibility index (Phi) is 5.78. The van der Waals surface area contributed by atoms with Gasteiger partial charge in [0.1, 0.15) is 11.9 Å². The summed E-state index contributed by atoms with van der Waals surface area (Å²) < 4.78 is 46.8. The summed E-state index contributed by atoms with van der Waals surface area (Å²) in [6, 6.07) is 18.2. The predicted octanol–water partition coefficient (Wildman–Crippen LogP) is 5.78. The van der Waals surface area contributed by atoms with Crippen molar-refractivity contribution >= 4 is 22.8 Å². The second kappa shape index (κ2) is 8.53. The second-order valence-electron chi connectivity index (χ2n) is 7.57. The number of hydrogen-bond donors (Lipinski definition) is 0. The highest BCUT2D eigenvalue weighted by atomic mass is 19.4. The Bertz CT molecular complexity index is 1160. The zero-order valence-corrected chi connectivity index (χ0v) is 17.1. The summed E-state index contributed by atoms with van der Waals surface area (Å²) in [7, 11) is 0. The van der Waals surface area contributed by atoms with Crippen molar-refractivity contribution in [1.82, 2.24) is 4.90 Å². The van der Waals surface area contributed by atoms with E-state index in [1.165, 1.54) is 12.1 Å². The molecule has 0 bridgehead atoms. The number of ether oxygens (including phenoxy) is 2. The highest BCUT2D eigenvalue weighted by molar-refractivity contribution is 5.94. The van der Waals surface area contributed by atoms with Gasteiger partial charge in [0.25, 0.3) is 0 Å². The van der Waals surface area contributed by atoms with Crippen molar-refractivity contribution in [1.29, 1.82) is 0 Å². The molecule has 0 unspecified atom stereocenters. The SMILES string of the molecule is C[C@H]1[C@@H](c2cccc(OC(F)(F)F)c2)OC(=O)N1C(=O)CCc1cccc2ccccc12. The molecule has 1 saturated heterocycles. The van der Waals surface area contributed by atoms with Crippen LogP contribution in [0, 0.1) is 0 Å². The number of fused-ring (bicyclic) bond motifs is 1. The second-order valence-corrected chi connectivity index (χ2v) is 7.57. The molecule has 0 spiro atoms. The van der Waals surface area contributed by atoms with E-state index in [9.17, 15) is 22.8 Å². The minimum absolute atomic E-state index is 0.0946. The number of aryl methyl sites for hydroxylation is 1. The molecule has 5 nitrogen and oxygen atoms in total. The van der Waals surface area contributed by atoms with Crippen LogP contribution in [-0.4, -0.2) is 29.3 Å². The molecule has 0 radical (unpaired) electrons. The lowest BCUT2D eigenvalue weighted by molar-refractivity contribution is -0.274. The van der Waals surface area contributed by atoms with Gasteiger partial charge in [0.2, 0.25) is 5.91 Å². The molecule has 166 valence electrons. The molecule has 0 N–H and O–H groups in total.